The highest BCUT2D eigenvalue weighted by Crippen LogP contribution is 2.03. The van der Waals surface area contributed by atoms with E-state index in [0.29, 0.717) is 11.1 Å². The number of hydrogen-bond donors (Lipinski definition) is 2. The van der Waals surface area contributed by atoms with Crippen LogP contribution >= 0.6 is 0 Å². The van der Waals surface area contributed by atoms with E-state index in [2.05, 4.69) is 10.1 Å². The van der Waals surface area contributed by atoms with E-state index >= 15 is 0 Å². The molecular weight excluding hydrogens is 154 g/mol. The van der Waals surface area contributed by atoms with Crippen molar-refractivity contribution in [3.8, 4) is 6.07 Å². The molecule has 5 heteroatoms. The van der Waals surface area contributed by atoms with Crippen LogP contribution < -0.4 is 11.6 Å². The molecule has 4 N–H and O–H groups in total. The molecule has 0 bridgehead atoms. The maximum atomic E-state index is 8.63. The fraction of sp³-hybridized carbons (Fsp3) is 0. The van der Waals surface area contributed by atoms with Crippen molar-refractivity contribution in [2.45, 2.75) is 0 Å². The van der Waals surface area contributed by atoms with Gasteiger partial charge in [0.15, 0.2) is 5.84 Å². The highest BCUT2D eigenvalue weighted by atomic mass is 15.2. The Balaban J connectivity index is 3.25. The van der Waals surface area contributed by atoms with Gasteiger partial charge in [0.25, 0.3) is 0 Å². The maximum absolute atomic E-state index is 8.63. The van der Waals surface area contributed by atoms with Gasteiger partial charge in [-0.1, -0.05) is 0 Å². The molecule has 60 valence electrons. The Kier molecular flexibility index (Phi) is 2.23. The van der Waals surface area contributed by atoms with E-state index in [9.17, 15) is 0 Å². The lowest BCUT2D eigenvalue weighted by atomic mass is 10.1. The number of hydrogen-bond acceptors (Lipinski definition) is 4. The number of nitrogens with zero attached hydrogens (tertiary/aromatic N) is 3. The molecule has 0 aliphatic heterocycles. The van der Waals surface area contributed by atoms with E-state index in [1.165, 1.54) is 12.4 Å². The summed E-state index contributed by atoms with van der Waals surface area (Å²) in [5.74, 6) is 5.06. The number of rotatable bonds is 1. The molecule has 1 aromatic heterocycles. The highest BCUT2D eigenvalue weighted by molar-refractivity contribution is 5.99. The van der Waals surface area contributed by atoms with Crippen LogP contribution in [0.15, 0.2) is 23.6 Å². The number of nitrogens with two attached hydrogens (primary N) is 2. The van der Waals surface area contributed by atoms with Gasteiger partial charge in [0.1, 0.15) is 6.07 Å². The number of hydrazone groups is 1. The lowest BCUT2D eigenvalue weighted by molar-refractivity contribution is 1.21. The van der Waals surface area contributed by atoms with E-state index in [1.54, 1.807) is 6.07 Å². The summed E-state index contributed by atoms with van der Waals surface area (Å²) in [4.78, 5) is 3.79. The highest BCUT2D eigenvalue weighted by Gasteiger charge is 2.04. The predicted molar refractivity (Wildman–Crippen MR) is 43.9 cm³/mol. The van der Waals surface area contributed by atoms with E-state index in [0.717, 1.165) is 0 Å². The molecule has 0 saturated carbocycles. The van der Waals surface area contributed by atoms with Crippen LogP contribution in [0.2, 0.25) is 0 Å². The van der Waals surface area contributed by atoms with Gasteiger partial charge < -0.3 is 11.6 Å². The first kappa shape index (κ1) is 8.01. The first-order valence-electron chi connectivity index (χ1n) is 3.17. The molecule has 0 radical (unpaired) electrons. The van der Waals surface area contributed by atoms with Gasteiger partial charge in [0, 0.05) is 12.4 Å². The zero-order valence-electron chi connectivity index (χ0n) is 6.23. The first-order valence-corrected chi connectivity index (χ1v) is 3.17. The predicted octanol–water partition coefficient (Wildman–Crippen LogP) is -0.468. The Morgan fingerprint density at radius 2 is 2.42 bits per heavy atom. The minimum absolute atomic E-state index is 0.111. The largest absolute Gasteiger partial charge is 0.382 e. The molecule has 0 aliphatic carbocycles. The van der Waals surface area contributed by atoms with Gasteiger partial charge in [0.05, 0.1) is 11.1 Å². The quantitative estimate of drug-likeness (QED) is 0.251. The van der Waals surface area contributed by atoms with Crippen molar-refractivity contribution in [3.63, 3.8) is 0 Å². The van der Waals surface area contributed by atoms with Crippen LogP contribution in [-0.2, 0) is 0 Å². The number of aromatic nitrogens is 1. The fourth-order valence-corrected chi connectivity index (χ4v) is 0.766. The maximum Gasteiger partial charge on any atom is 0.153 e. The monoisotopic (exact) mass is 161 g/mol. The Labute approximate surface area is 69.3 Å². The SMILES string of the molecule is N#Cc1ccncc1C(N)=NN. The van der Waals surface area contributed by atoms with Crippen molar-refractivity contribution in [1.82, 2.24) is 4.98 Å². The van der Waals surface area contributed by atoms with Gasteiger partial charge >= 0.3 is 0 Å². The van der Waals surface area contributed by atoms with Crippen LogP contribution in [0.4, 0.5) is 0 Å². The Morgan fingerprint density at radius 1 is 1.67 bits per heavy atom. The van der Waals surface area contributed by atoms with Crippen molar-refractivity contribution in [2.24, 2.45) is 16.7 Å². The van der Waals surface area contributed by atoms with Crippen molar-refractivity contribution in [2.75, 3.05) is 0 Å². The summed E-state index contributed by atoms with van der Waals surface area (Å²) in [6, 6.07) is 3.50. The summed E-state index contributed by atoms with van der Waals surface area (Å²) in [5, 5.41) is 11.9. The van der Waals surface area contributed by atoms with Gasteiger partial charge in [-0.15, -0.1) is 0 Å². The molecule has 0 amide bonds. The van der Waals surface area contributed by atoms with Crippen molar-refractivity contribution < 1.29 is 0 Å². The summed E-state index contributed by atoms with van der Waals surface area (Å²) in [6.07, 6.45) is 2.95. The zero-order chi connectivity index (χ0) is 8.97. The normalized spacial score (nSPS) is 10.8. The molecule has 0 spiro atoms. The first-order chi connectivity index (χ1) is 5.79. The Morgan fingerprint density at radius 3 is 3.00 bits per heavy atom. The lowest BCUT2D eigenvalue weighted by Gasteiger charge is -1.98. The van der Waals surface area contributed by atoms with Crippen molar-refractivity contribution in [1.29, 1.82) is 5.26 Å². The van der Waals surface area contributed by atoms with E-state index in [-0.39, 0.29) is 5.84 Å². The third-order valence-corrected chi connectivity index (χ3v) is 1.36. The zero-order valence-corrected chi connectivity index (χ0v) is 6.23. The molecule has 5 nitrogen and oxygen atoms in total. The van der Waals surface area contributed by atoms with Crippen LogP contribution in [0, 0.1) is 11.3 Å². The standard InChI is InChI=1S/C7H7N5/c8-3-5-1-2-11-4-6(5)7(9)12-10/h1-2,4H,10H2,(H2,9,12). The molecule has 0 unspecified atom stereocenters. The summed E-state index contributed by atoms with van der Waals surface area (Å²) >= 11 is 0. The number of nitriles is 1. The second kappa shape index (κ2) is 3.34. The van der Waals surface area contributed by atoms with Gasteiger partial charge in [-0.2, -0.15) is 10.4 Å². The van der Waals surface area contributed by atoms with Crippen LogP contribution in [0.3, 0.4) is 0 Å². The topological polar surface area (TPSA) is 101 Å². The van der Waals surface area contributed by atoms with Crippen molar-refractivity contribution >= 4 is 5.84 Å². The number of amidine groups is 1. The van der Waals surface area contributed by atoms with Crippen molar-refractivity contribution in [3.05, 3.63) is 29.6 Å². The van der Waals surface area contributed by atoms with Gasteiger partial charge in [-0.25, -0.2) is 0 Å². The second-order valence-corrected chi connectivity index (χ2v) is 2.05. The molecule has 1 rings (SSSR count). The lowest BCUT2D eigenvalue weighted by Crippen LogP contribution is -2.17. The fourth-order valence-electron chi connectivity index (χ4n) is 0.766. The van der Waals surface area contributed by atoms with E-state index in [4.69, 9.17) is 16.8 Å². The summed E-state index contributed by atoms with van der Waals surface area (Å²) in [5.41, 5.74) is 6.28. The Hall–Kier alpha value is -2.09. The van der Waals surface area contributed by atoms with Gasteiger partial charge in [-0.05, 0) is 6.07 Å². The average molecular weight is 161 g/mol. The summed E-state index contributed by atoms with van der Waals surface area (Å²) < 4.78 is 0. The van der Waals surface area contributed by atoms with E-state index < -0.39 is 0 Å². The third-order valence-electron chi connectivity index (χ3n) is 1.36. The molecule has 0 aromatic carbocycles. The van der Waals surface area contributed by atoms with Crippen LogP contribution in [-0.4, -0.2) is 10.8 Å². The molecular formula is C7H7N5. The summed E-state index contributed by atoms with van der Waals surface area (Å²) in [6.45, 7) is 0. The van der Waals surface area contributed by atoms with Crippen LogP contribution in [0.25, 0.3) is 0 Å². The molecule has 0 atom stereocenters. The van der Waals surface area contributed by atoms with Gasteiger partial charge in [0.2, 0.25) is 0 Å². The molecule has 1 aromatic rings. The minimum Gasteiger partial charge on any atom is -0.382 e. The molecule has 1 heterocycles. The smallest absolute Gasteiger partial charge is 0.153 e. The molecule has 0 fully saturated rings. The molecule has 12 heavy (non-hydrogen) atoms. The number of pyridine rings is 1. The molecule has 0 aliphatic rings. The van der Waals surface area contributed by atoms with E-state index in [1.807, 2.05) is 6.07 Å². The molecule has 0 saturated heterocycles. The van der Waals surface area contributed by atoms with Crippen LogP contribution in [0.1, 0.15) is 11.1 Å². The van der Waals surface area contributed by atoms with Gasteiger partial charge in [-0.3, -0.25) is 4.98 Å². The Bertz CT molecular complexity index is 349. The average Bonchev–Trinajstić information content (AvgIpc) is 2.16. The second-order valence-electron chi connectivity index (χ2n) is 2.05. The minimum atomic E-state index is 0.111. The summed E-state index contributed by atoms with van der Waals surface area (Å²) in [7, 11) is 0. The third kappa shape index (κ3) is 1.32. The van der Waals surface area contributed by atoms with Crippen LogP contribution in [0.5, 0.6) is 0 Å².